The summed E-state index contributed by atoms with van der Waals surface area (Å²) in [5.74, 6) is -0.948. The van der Waals surface area contributed by atoms with Crippen molar-refractivity contribution in [1.29, 1.82) is 5.26 Å². The summed E-state index contributed by atoms with van der Waals surface area (Å²) in [6, 6.07) is 3.98. The number of aryl methyl sites for hydroxylation is 3. The summed E-state index contributed by atoms with van der Waals surface area (Å²) < 4.78 is 17.4. The van der Waals surface area contributed by atoms with E-state index in [0.717, 1.165) is 17.0 Å². The van der Waals surface area contributed by atoms with Gasteiger partial charge >= 0.3 is 0 Å². The van der Waals surface area contributed by atoms with Crippen molar-refractivity contribution in [1.82, 2.24) is 24.9 Å². The van der Waals surface area contributed by atoms with Crippen molar-refractivity contribution in [2.24, 2.45) is 0 Å². The lowest BCUT2D eigenvalue weighted by atomic mass is 9.80. The molecule has 1 aliphatic heterocycles. The molecule has 176 valence electrons. The van der Waals surface area contributed by atoms with E-state index in [0.29, 0.717) is 51.2 Å². The molecule has 0 aliphatic carbocycles. The average molecular weight is 462 g/mol. The number of halogens is 1. The number of nitriles is 1. The molecule has 1 amide bonds. The number of rotatable bonds is 4. The smallest absolute Gasteiger partial charge is 0.260 e. The number of carbonyl (C=O) groups excluding carboxylic acids is 1. The van der Waals surface area contributed by atoms with Gasteiger partial charge in [-0.3, -0.25) is 14.6 Å². The third-order valence-electron chi connectivity index (χ3n) is 6.93. The Morgan fingerprint density at radius 2 is 1.97 bits per heavy atom. The molecule has 9 heteroatoms. The number of allylic oxidation sites excluding steroid dienone is 4. The van der Waals surface area contributed by atoms with E-state index in [-0.39, 0.29) is 5.91 Å². The second-order valence-corrected chi connectivity index (χ2v) is 8.71. The van der Waals surface area contributed by atoms with Crippen LogP contribution in [0.4, 0.5) is 10.2 Å². The van der Waals surface area contributed by atoms with Gasteiger partial charge in [-0.2, -0.15) is 15.5 Å². The third kappa shape index (κ3) is 3.46. The van der Waals surface area contributed by atoms with Crippen molar-refractivity contribution in [2.45, 2.75) is 54.0 Å². The summed E-state index contributed by atoms with van der Waals surface area (Å²) in [5, 5.41) is 24.8. The van der Waals surface area contributed by atoms with Crippen LogP contribution in [-0.4, -0.2) is 37.8 Å². The van der Waals surface area contributed by atoms with Crippen molar-refractivity contribution in [3.8, 4) is 6.07 Å². The first-order chi connectivity index (χ1) is 16.1. The van der Waals surface area contributed by atoms with Gasteiger partial charge in [0.2, 0.25) is 0 Å². The van der Waals surface area contributed by atoms with E-state index < -0.39 is 11.7 Å². The fourth-order valence-corrected chi connectivity index (χ4v) is 4.57. The molecule has 2 aromatic heterocycles. The average Bonchev–Trinajstić information content (AvgIpc) is 3.40. The third-order valence-corrected chi connectivity index (χ3v) is 6.93. The van der Waals surface area contributed by atoms with E-state index in [1.165, 1.54) is 0 Å². The Hall–Kier alpha value is -3.93. The zero-order valence-electron chi connectivity index (χ0n) is 20.5. The molecule has 2 N–H and O–H groups in total. The zero-order chi connectivity index (χ0) is 24.9. The number of anilines is 1. The van der Waals surface area contributed by atoms with Crippen molar-refractivity contribution >= 4 is 22.6 Å². The van der Waals surface area contributed by atoms with Crippen LogP contribution in [0.15, 0.2) is 34.8 Å². The maximum absolute atomic E-state index is 15.7. The minimum absolute atomic E-state index is 0.304. The fraction of sp³-hybridized carbons (Fsp3) is 0.360. The van der Waals surface area contributed by atoms with Crippen LogP contribution in [0.3, 0.4) is 0 Å². The van der Waals surface area contributed by atoms with E-state index in [1.54, 1.807) is 30.8 Å². The number of hydrogen-bond acceptors (Lipinski definition) is 5. The summed E-state index contributed by atoms with van der Waals surface area (Å²) in [4.78, 5) is 14.9. The number of nitrogens with zero attached hydrogens (tertiary/aromatic N) is 5. The number of H-pyrrole nitrogens is 1. The van der Waals surface area contributed by atoms with Crippen LogP contribution in [0.5, 0.6) is 0 Å². The van der Waals surface area contributed by atoms with Gasteiger partial charge in [-0.05, 0) is 53.2 Å². The SMILES string of the molecule is CCn1cc(C(=O)Nc2n[nH]c3c(C)c(F)c(C4C(C)=C(C)N(C)C(C)=C4C#N)cc23)c(C)n1. The van der Waals surface area contributed by atoms with Crippen molar-refractivity contribution in [3.05, 3.63) is 63.0 Å². The van der Waals surface area contributed by atoms with Crippen LogP contribution in [0.25, 0.3) is 10.9 Å². The predicted octanol–water partition coefficient (Wildman–Crippen LogP) is 4.91. The number of fused-ring (bicyclic) bond motifs is 1. The van der Waals surface area contributed by atoms with Gasteiger partial charge in [0.25, 0.3) is 5.91 Å². The highest BCUT2D eigenvalue weighted by Gasteiger charge is 2.32. The summed E-state index contributed by atoms with van der Waals surface area (Å²) >= 11 is 0. The largest absolute Gasteiger partial charge is 0.351 e. The Labute approximate surface area is 197 Å². The van der Waals surface area contributed by atoms with E-state index in [9.17, 15) is 10.1 Å². The van der Waals surface area contributed by atoms with Crippen molar-refractivity contribution < 1.29 is 9.18 Å². The van der Waals surface area contributed by atoms with Crippen molar-refractivity contribution in [3.63, 3.8) is 0 Å². The lowest BCUT2D eigenvalue weighted by Gasteiger charge is -2.34. The van der Waals surface area contributed by atoms with E-state index in [1.807, 2.05) is 39.6 Å². The molecule has 0 saturated carbocycles. The molecule has 8 nitrogen and oxygen atoms in total. The Balaban J connectivity index is 1.84. The minimum Gasteiger partial charge on any atom is -0.351 e. The molecule has 3 aromatic rings. The topological polar surface area (TPSA) is 103 Å². The van der Waals surface area contributed by atoms with Gasteiger partial charge in [0.15, 0.2) is 5.82 Å². The lowest BCUT2D eigenvalue weighted by molar-refractivity contribution is 0.102. The van der Waals surface area contributed by atoms with Crippen LogP contribution >= 0.6 is 0 Å². The summed E-state index contributed by atoms with van der Waals surface area (Å²) in [7, 11) is 1.90. The van der Waals surface area contributed by atoms with Gasteiger partial charge in [0.05, 0.1) is 28.4 Å². The van der Waals surface area contributed by atoms with Crippen molar-refractivity contribution in [2.75, 3.05) is 12.4 Å². The van der Waals surface area contributed by atoms with Crippen LogP contribution in [0.2, 0.25) is 0 Å². The predicted molar refractivity (Wildman–Crippen MR) is 129 cm³/mol. The highest BCUT2D eigenvalue weighted by molar-refractivity contribution is 6.08. The van der Waals surface area contributed by atoms with Crippen LogP contribution in [0.1, 0.15) is 60.8 Å². The van der Waals surface area contributed by atoms with Gasteiger partial charge in [-0.25, -0.2) is 4.39 Å². The maximum atomic E-state index is 15.7. The Bertz CT molecular complexity index is 1430. The molecular weight excluding hydrogens is 433 g/mol. The molecule has 0 fully saturated rings. The van der Waals surface area contributed by atoms with Gasteiger partial charge in [0, 0.05) is 53.6 Å². The van der Waals surface area contributed by atoms with E-state index in [4.69, 9.17) is 0 Å². The molecule has 0 spiro atoms. The Morgan fingerprint density at radius 1 is 1.26 bits per heavy atom. The molecule has 3 heterocycles. The second kappa shape index (κ2) is 8.45. The highest BCUT2D eigenvalue weighted by atomic mass is 19.1. The summed E-state index contributed by atoms with van der Waals surface area (Å²) in [6.07, 6.45) is 1.69. The van der Waals surface area contributed by atoms with Gasteiger partial charge in [-0.15, -0.1) is 0 Å². The standard InChI is InChI=1S/C25H28FN7O/c1-8-33-11-20(14(4)31-33)25(34)28-24-18-9-17(22(26)13(3)23(18)29-30-24)21-12(2)15(5)32(7)16(6)19(21)10-27/h9,11,21H,8H2,1-7H3,(H2,28,29,30,34). The van der Waals surface area contributed by atoms with Crippen LogP contribution in [-0.2, 0) is 6.54 Å². The van der Waals surface area contributed by atoms with E-state index >= 15 is 4.39 Å². The normalized spacial score (nSPS) is 16.4. The monoisotopic (exact) mass is 461 g/mol. The molecule has 34 heavy (non-hydrogen) atoms. The molecule has 1 aliphatic rings. The van der Waals surface area contributed by atoms with Gasteiger partial charge in [0.1, 0.15) is 5.82 Å². The second-order valence-electron chi connectivity index (χ2n) is 8.71. The van der Waals surface area contributed by atoms with E-state index in [2.05, 4.69) is 26.7 Å². The number of hydrogen-bond donors (Lipinski definition) is 2. The quantitative estimate of drug-likeness (QED) is 0.575. The number of aromatic nitrogens is 4. The van der Waals surface area contributed by atoms with Gasteiger partial charge in [-0.1, -0.05) is 0 Å². The molecule has 0 saturated heterocycles. The number of benzene rings is 1. The lowest BCUT2D eigenvalue weighted by Crippen LogP contribution is -2.25. The maximum Gasteiger partial charge on any atom is 0.260 e. The Morgan fingerprint density at radius 3 is 2.59 bits per heavy atom. The number of amides is 1. The highest BCUT2D eigenvalue weighted by Crippen LogP contribution is 2.43. The summed E-state index contributed by atoms with van der Waals surface area (Å²) in [6.45, 7) is 11.8. The van der Waals surface area contributed by atoms with Gasteiger partial charge < -0.3 is 10.2 Å². The summed E-state index contributed by atoms with van der Waals surface area (Å²) in [5.41, 5.74) is 5.50. The molecule has 0 radical (unpaired) electrons. The molecule has 0 bridgehead atoms. The number of aromatic amines is 1. The molecule has 1 atom stereocenters. The minimum atomic E-state index is -0.521. The first kappa shape index (κ1) is 23.2. The zero-order valence-corrected chi connectivity index (χ0v) is 20.5. The van der Waals surface area contributed by atoms with Crippen LogP contribution in [0, 0.1) is 31.0 Å². The fourth-order valence-electron chi connectivity index (χ4n) is 4.57. The molecule has 4 rings (SSSR count). The molecular formula is C25H28FN7O. The molecule has 1 aromatic carbocycles. The number of carbonyl (C=O) groups is 1. The van der Waals surface area contributed by atoms with Crippen LogP contribution < -0.4 is 5.32 Å². The Kier molecular flexibility index (Phi) is 5.77. The first-order valence-corrected chi connectivity index (χ1v) is 11.1. The molecule has 1 unspecified atom stereocenters. The number of nitrogens with one attached hydrogen (secondary N) is 2. The first-order valence-electron chi connectivity index (χ1n) is 11.1.